The minimum atomic E-state index is -0.926. The average molecular weight is 404 g/mol. The monoisotopic (exact) mass is 402 g/mol. The van der Waals surface area contributed by atoms with E-state index in [9.17, 15) is 9.59 Å². The molecular weight excluding hydrogens is 391 g/mol. The number of aromatic nitrogens is 3. The predicted molar refractivity (Wildman–Crippen MR) is 92.4 cm³/mol. The molecule has 0 aliphatic heterocycles. The maximum absolute atomic E-state index is 12.3. The predicted octanol–water partition coefficient (Wildman–Crippen LogP) is 2.19. The van der Waals surface area contributed by atoms with Crippen LogP contribution in [0.1, 0.15) is 11.1 Å². The van der Waals surface area contributed by atoms with Gasteiger partial charge in [-0.3, -0.25) is 4.79 Å². The summed E-state index contributed by atoms with van der Waals surface area (Å²) in [6.07, 6.45) is 4.62. The van der Waals surface area contributed by atoms with Crippen molar-refractivity contribution in [3.8, 4) is 0 Å². The molecule has 0 fully saturated rings. The lowest BCUT2D eigenvalue weighted by Crippen LogP contribution is -2.43. The molecule has 1 atom stereocenters. The Hall–Kier alpha value is -1.96. The van der Waals surface area contributed by atoms with Crippen LogP contribution < -0.4 is 5.32 Å². The van der Waals surface area contributed by atoms with Crippen molar-refractivity contribution in [2.75, 3.05) is 5.88 Å². The van der Waals surface area contributed by atoms with E-state index in [0.717, 1.165) is 0 Å². The third-order valence-corrected chi connectivity index (χ3v) is 3.63. The molecule has 0 saturated heterocycles. The van der Waals surface area contributed by atoms with Gasteiger partial charge in [-0.15, -0.1) is 11.6 Å². The number of nitrogens with zero attached hydrogens (tertiary/aromatic N) is 3. The summed E-state index contributed by atoms with van der Waals surface area (Å²) < 4.78 is 5.24. The molecule has 0 bridgehead atoms. The highest BCUT2D eigenvalue weighted by Crippen LogP contribution is 2.15. The summed E-state index contributed by atoms with van der Waals surface area (Å²) >= 11 is 17.1. The number of carbonyl (C=O) groups excluding carboxylic acids is 2. The maximum atomic E-state index is 12.3. The molecule has 0 aliphatic rings. The van der Waals surface area contributed by atoms with E-state index in [1.807, 2.05) is 0 Å². The van der Waals surface area contributed by atoms with Gasteiger partial charge in [0.15, 0.2) is 0 Å². The number of nitrogens with one attached hydrogen (secondary N) is 1. The number of amides is 1. The fraction of sp³-hybridized carbons (Fsp3) is 0.267. The topological polar surface area (TPSA) is 94.1 Å². The van der Waals surface area contributed by atoms with Crippen LogP contribution in [0.15, 0.2) is 30.9 Å². The number of ether oxygens (including phenoxy) is 1. The molecule has 2 heterocycles. The van der Waals surface area contributed by atoms with E-state index in [-0.39, 0.29) is 29.2 Å². The highest BCUT2D eigenvalue weighted by Gasteiger charge is 2.23. The van der Waals surface area contributed by atoms with Crippen LogP contribution in [0.4, 0.5) is 0 Å². The third kappa shape index (κ3) is 6.45. The molecule has 2 aromatic rings. The summed E-state index contributed by atoms with van der Waals surface area (Å²) in [5, 5.41) is 2.88. The molecule has 0 spiro atoms. The molecule has 0 aromatic carbocycles. The van der Waals surface area contributed by atoms with Gasteiger partial charge in [0.1, 0.15) is 35.2 Å². The van der Waals surface area contributed by atoms with Gasteiger partial charge in [-0.25, -0.2) is 19.7 Å². The van der Waals surface area contributed by atoms with E-state index in [2.05, 4.69) is 20.3 Å². The average Bonchev–Trinajstić information content (AvgIpc) is 2.59. The van der Waals surface area contributed by atoms with Gasteiger partial charge in [0.05, 0.1) is 0 Å². The van der Waals surface area contributed by atoms with Gasteiger partial charge in [0.25, 0.3) is 0 Å². The number of hydrogen-bond donors (Lipinski definition) is 1. The molecule has 2 aromatic heterocycles. The highest BCUT2D eigenvalue weighted by atomic mass is 35.5. The van der Waals surface area contributed by atoms with Gasteiger partial charge in [-0.2, -0.15) is 0 Å². The lowest BCUT2D eigenvalue weighted by Gasteiger charge is -2.17. The Morgan fingerprint density at radius 2 is 1.76 bits per heavy atom. The van der Waals surface area contributed by atoms with Gasteiger partial charge in [-0.1, -0.05) is 23.2 Å². The summed E-state index contributed by atoms with van der Waals surface area (Å²) in [6.45, 7) is -0.0701. The van der Waals surface area contributed by atoms with Crippen LogP contribution in [0.2, 0.25) is 10.3 Å². The minimum Gasteiger partial charge on any atom is -0.459 e. The Balaban J connectivity index is 2.04. The van der Waals surface area contributed by atoms with E-state index in [1.54, 1.807) is 12.4 Å². The van der Waals surface area contributed by atoms with Crippen LogP contribution in [0, 0.1) is 0 Å². The Morgan fingerprint density at radius 1 is 1.12 bits per heavy atom. The second-order valence-corrected chi connectivity index (χ2v) is 5.97. The number of rotatable bonds is 7. The minimum absolute atomic E-state index is 0.0701. The summed E-state index contributed by atoms with van der Waals surface area (Å²) in [7, 11) is 0. The van der Waals surface area contributed by atoms with Crippen molar-refractivity contribution in [3.63, 3.8) is 0 Å². The first-order chi connectivity index (χ1) is 12.0. The zero-order valence-corrected chi connectivity index (χ0v) is 15.1. The van der Waals surface area contributed by atoms with Crippen molar-refractivity contribution < 1.29 is 14.3 Å². The Morgan fingerprint density at radius 3 is 2.36 bits per heavy atom. The second kappa shape index (κ2) is 9.50. The van der Waals surface area contributed by atoms with Gasteiger partial charge in [-0.05, 0) is 23.3 Å². The van der Waals surface area contributed by atoms with Crippen LogP contribution in [-0.2, 0) is 27.4 Å². The third-order valence-electron chi connectivity index (χ3n) is 3.00. The summed E-state index contributed by atoms with van der Waals surface area (Å²) in [6, 6.07) is 2.13. The van der Waals surface area contributed by atoms with E-state index < -0.39 is 17.9 Å². The molecule has 25 heavy (non-hydrogen) atoms. The van der Waals surface area contributed by atoms with Gasteiger partial charge in [0, 0.05) is 18.8 Å². The molecule has 132 valence electrons. The van der Waals surface area contributed by atoms with E-state index >= 15 is 0 Å². The molecule has 1 N–H and O–H groups in total. The van der Waals surface area contributed by atoms with E-state index in [1.165, 1.54) is 18.5 Å². The standard InChI is InChI=1S/C15H13Cl3N4O3/c16-4-14(23)21-11(1-10-5-19-8-20-6-10)15(24)25-7-9-2-12(17)22-13(18)3-9/h2-3,5-6,8,11H,1,4,7H2,(H,21,23)/t11-/m0/s1. The van der Waals surface area contributed by atoms with Crippen molar-refractivity contribution in [3.05, 3.63) is 52.3 Å². The number of alkyl halides is 1. The summed E-state index contributed by atoms with van der Waals surface area (Å²) in [4.78, 5) is 35.4. The number of pyridine rings is 1. The molecule has 1 amide bonds. The maximum Gasteiger partial charge on any atom is 0.329 e. The largest absolute Gasteiger partial charge is 0.459 e. The SMILES string of the molecule is O=C(CCl)N[C@@H](Cc1cncnc1)C(=O)OCc1cc(Cl)nc(Cl)c1. The number of halogens is 3. The van der Waals surface area contributed by atoms with Crippen molar-refractivity contribution >= 4 is 46.7 Å². The fourth-order valence-corrected chi connectivity index (χ4v) is 2.53. The molecule has 0 aliphatic carbocycles. The van der Waals surface area contributed by atoms with Gasteiger partial charge < -0.3 is 10.1 Å². The van der Waals surface area contributed by atoms with Crippen LogP contribution in [0.3, 0.4) is 0 Å². The zero-order chi connectivity index (χ0) is 18.2. The second-order valence-electron chi connectivity index (χ2n) is 4.93. The van der Waals surface area contributed by atoms with Gasteiger partial charge in [0.2, 0.25) is 5.91 Å². The first-order valence-corrected chi connectivity index (χ1v) is 8.35. The van der Waals surface area contributed by atoms with Gasteiger partial charge >= 0.3 is 5.97 Å². The molecule has 10 heteroatoms. The van der Waals surface area contributed by atoms with Crippen LogP contribution in [-0.4, -0.2) is 38.8 Å². The van der Waals surface area contributed by atoms with Crippen LogP contribution in [0.5, 0.6) is 0 Å². The lowest BCUT2D eigenvalue weighted by atomic mass is 10.1. The zero-order valence-electron chi connectivity index (χ0n) is 12.8. The number of carbonyl (C=O) groups is 2. The molecule has 0 unspecified atom stereocenters. The van der Waals surface area contributed by atoms with Crippen molar-refractivity contribution in [2.45, 2.75) is 19.1 Å². The number of esters is 1. The Labute approximate surface area is 158 Å². The Kier molecular flexibility index (Phi) is 7.36. The molecule has 0 saturated carbocycles. The van der Waals surface area contributed by atoms with Crippen molar-refractivity contribution in [1.82, 2.24) is 20.3 Å². The quantitative estimate of drug-likeness (QED) is 0.433. The molecule has 0 radical (unpaired) electrons. The van der Waals surface area contributed by atoms with Crippen molar-refractivity contribution in [2.24, 2.45) is 0 Å². The normalized spacial score (nSPS) is 11.6. The van der Waals surface area contributed by atoms with Crippen LogP contribution >= 0.6 is 34.8 Å². The first kappa shape index (κ1) is 19.4. The van der Waals surface area contributed by atoms with E-state index in [4.69, 9.17) is 39.5 Å². The van der Waals surface area contributed by atoms with Crippen LogP contribution in [0.25, 0.3) is 0 Å². The molecule has 2 rings (SSSR count). The number of hydrogen-bond acceptors (Lipinski definition) is 6. The smallest absolute Gasteiger partial charge is 0.329 e. The fourth-order valence-electron chi connectivity index (χ4n) is 1.95. The molecule has 7 nitrogen and oxygen atoms in total. The molecular formula is C15H13Cl3N4O3. The highest BCUT2D eigenvalue weighted by molar-refractivity contribution is 6.32. The summed E-state index contributed by atoms with van der Waals surface area (Å²) in [5.41, 5.74) is 1.23. The van der Waals surface area contributed by atoms with E-state index in [0.29, 0.717) is 11.1 Å². The lowest BCUT2D eigenvalue weighted by molar-refractivity contribution is -0.148. The summed E-state index contributed by atoms with van der Waals surface area (Å²) in [5.74, 6) is -1.40. The van der Waals surface area contributed by atoms with Crippen molar-refractivity contribution in [1.29, 1.82) is 0 Å². The Bertz CT molecular complexity index is 726. The first-order valence-electron chi connectivity index (χ1n) is 7.05.